The summed E-state index contributed by atoms with van der Waals surface area (Å²) < 4.78 is 29.6. The SMILES string of the molecule is CS(=O)(=O)c1ccc(-c2cncc3cc(C=C4SC(=S)NC4=O)oc23)cc1. The maximum atomic E-state index is 11.8. The number of pyridine rings is 1. The molecule has 0 bridgehead atoms. The lowest BCUT2D eigenvalue weighted by molar-refractivity contribution is -0.115. The van der Waals surface area contributed by atoms with Gasteiger partial charge in [-0.15, -0.1) is 0 Å². The summed E-state index contributed by atoms with van der Waals surface area (Å²) >= 11 is 6.16. The molecule has 3 aromatic rings. The largest absolute Gasteiger partial charge is 0.456 e. The van der Waals surface area contributed by atoms with Crippen molar-refractivity contribution in [2.24, 2.45) is 0 Å². The van der Waals surface area contributed by atoms with Gasteiger partial charge in [0.05, 0.1) is 9.80 Å². The van der Waals surface area contributed by atoms with Crippen molar-refractivity contribution in [2.75, 3.05) is 6.26 Å². The number of nitrogens with zero attached hydrogens (tertiary/aromatic N) is 1. The number of thioether (sulfide) groups is 1. The van der Waals surface area contributed by atoms with Gasteiger partial charge < -0.3 is 9.73 Å². The molecule has 2 aromatic heterocycles. The molecule has 27 heavy (non-hydrogen) atoms. The first-order chi connectivity index (χ1) is 12.8. The van der Waals surface area contributed by atoms with E-state index in [1.54, 1.807) is 48.8 Å². The Labute approximate surface area is 164 Å². The topological polar surface area (TPSA) is 89.3 Å². The highest BCUT2D eigenvalue weighted by atomic mass is 32.2. The quantitative estimate of drug-likeness (QED) is 0.517. The molecule has 4 rings (SSSR count). The number of aromatic nitrogens is 1. The molecule has 6 nitrogen and oxygen atoms in total. The molecule has 1 aromatic carbocycles. The van der Waals surface area contributed by atoms with E-state index in [4.69, 9.17) is 16.6 Å². The van der Waals surface area contributed by atoms with Crippen molar-refractivity contribution in [3.8, 4) is 11.1 Å². The van der Waals surface area contributed by atoms with E-state index in [1.165, 1.54) is 18.0 Å². The predicted molar refractivity (Wildman–Crippen MR) is 109 cm³/mol. The molecule has 1 fully saturated rings. The summed E-state index contributed by atoms with van der Waals surface area (Å²) in [5, 5.41) is 3.34. The predicted octanol–water partition coefficient (Wildman–Crippen LogP) is 3.39. The van der Waals surface area contributed by atoms with Crippen molar-refractivity contribution in [3.63, 3.8) is 0 Å². The molecule has 0 radical (unpaired) electrons. The minimum absolute atomic E-state index is 0.247. The van der Waals surface area contributed by atoms with Gasteiger partial charge in [0, 0.05) is 35.7 Å². The van der Waals surface area contributed by atoms with Crippen LogP contribution in [0.2, 0.25) is 0 Å². The van der Waals surface area contributed by atoms with Crippen LogP contribution >= 0.6 is 24.0 Å². The Morgan fingerprint density at radius 1 is 1.22 bits per heavy atom. The molecule has 1 N–H and O–H groups in total. The lowest BCUT2D eigenvalue weighted by atomic mass is 10.1. The Hall–Kier alpha value is -2.49. The molecule has 0 unspecified atom stereocenters. The summed E-state index contributed by atoms with van der Waals surface area (Å²) in [7, 11) is -3.26. The smallest absolute Gasteiger partial charge is 0.263 e. The number of carbonyl (C=O) groups is 1. The Morgan fingerprint density at radius 2 is 1.96 bits per heavy atom. The van der Waals surface area contributed by atoms with E-state index in [9.17, 15) is 13.2 Å². The molecule has 1 aliphatic rings. The van der Waals surface area contributed by atoms with E-state index in [-0.39, 0.29) is 10.8 Å². The molecule has 0 spiro atoms. The zero-order chi connectivity index (χ0) is 19.2. The van der Waals surface area contributed by atoms with E-state index < -0.39 is 9.84 Å². The van der Waals surface area contributed by atoms with Crippen LogP contribution in [0, 0.1) is 0 Å². The number of amides is 1. The fraction of sp³-hybridized carbons (Fsp3) is 0.0556. The first-order valence-electron chi connectivity index (χ1n) is 7.74. The summed E-state index contributed by atoms with van der Waals surface area (Å²) in [6.45, 7) is 0. The van der Waals surface area contributed by atoms with Crippen LogP contribution in [0.5, 0.6) is 0 Å². The Morgan fingerprint density at radius 3 is 2.59 bits per heavy atom. The highest BCUT2D eigenvalue weighted by molar-refractivity contribution is 8.26. The van der Waals surface area contributed by atoms with Crippen LogP contribution in [-0.2, 0) is 14.6 Å². The molecule has 1 aliphatic heterocycles. The lowest BCUT2D eigenvalue weighted by Gasteiger charge is -2.03. The van der Waals surface area contributed by atoms with Crippen LogP contribution in [0.4, 0.5) is 0 Å². The van der Waals surface area contributed by atoms with Gasteiger partial charge in [-0.1, -0.05) is 36.1 Å². The van der Waals surface area contributed by atoms with Crippen LogP contribution < -0.4 is 5.32 Å². The second-order valence-electron chi connectivity index (χ2n) is 5.90. The fourth-order valence-electron chi connectivity index (χ4n) is 2.69. The summed E-state index contributed by atoms with van der Waals surface area (Å²) in [5.74, 6) is 0.259. The number of furan rings is 1. The van der Waals surface area contributed by atoms with E-state index in [0.717, 1.165) is 16.5 Å². The van der Waals surface area contributed by atoms with Gasteiger partial charge in [-0.2, -0.15) is 0 Å². The van der Waals surface area contributed by atoms with Gasteiger partial charge in [0.25, 0.3) is 5.91 Å². The second-order valence-corrected chi connectivity index (χ2v) is 9.64. The van der Waals surface area contributed by atoms with E-state index in [1.807, 2.05) is 0 Å². The van der Waals surface area contributed by atoms with Gasteiger partial charge in [0.1, 0.15) is 15.7 Å². The normalized spacial score (nSPS) is 16.3. The standard InChI is InChI=1S/C18H12N2O4S3/c1-27(22,23)13-4-2-10(3-5-13)14-9-19-8-11-6-12(24-16(11)14)7-15-17(21)20-18(25)26-15/h2-9H,1H3,(H,20,21,25). The number of carbonyl (C=O) groups excluding carboxylic acids is 1. The van der Waals surface area contributed by atoms with Gasteiger partial charge in [0.15, 0.2) is 9.84 Å². The average Bonchev–Trinajstić information content (AvgIpc) is 3.16. The maximum Gasteiger partial charge on any atom is 0.263 e. The molecule has 0 aliphatic carbocycles. The van der Waals surface area contributed by atoms with Gasteiger partial charge in [-0.25, -0.2) is 8.42 Å². The lowest BCUT2D eigenvalue weighted by Crippen LogP contribution is -2.17. The first kappa shape index (κ1) is 17.9. The summed E-state index contributed by atoms with van der Waals surface area (Å²) in [5.41, 5.74) is 2.12. The van der Waals surface area contributed by atoms with Crippen LogP contribution in [0.25, 0.3) is 28.2 Å². The van der Waals surface area contributed by atoms with Crippen molar-refractivity contribution in [2.45, 2.75) is 4.90 Å². The van der Waals surface area contributed by atoms with E-state index in [2.05, 4.69) is 10.3 Å². The molecule has 9 heteroatoms. The average molecular weight is 417 g/mol. The maximum absolute atomic E-state index is 11.8. The van der Waals surface area contributed by atoms with Crippen molar-refractivity contribution >= 4 is 61.1 Å². The van der Waals surface area contributed by atoms with Crippen molar-refractivity contribution < 1.29 is 17.6 Å². The Bertz CT molecular complexity index is 1230. The van der Waals surface area contributed by atoms with Gasteiger partial charge in [-0.05, 0) is 23.8 Å². The molecular weight excluding hydrogens is 404 g/mol. The van der Waals surface area contributed by atoms with Crippen LogP contribution in [0.3, 0.4) is 0 Å². The van der Waals surface area contributed by atoms with Gasteiger partial charge in [-0.3, -0.25) is 9.78 Å². The van der Waals surface area contributed by atoms with E-state index >= 15 is 0 Å². The van der Waals surface area contributed by atoms with Crippen molar-refractivity contribution in [3.05, 3.63) is 53.4 Å². The Kier molecular flexibility index (Phi) is 4.37. The minimum atomic E-state index is -3.26. The molecule has 1 saturated heterocycles. The molecule has 0 atom stereocenters. The van der Waals surface area contributed by atoms with Crippen LogP contribution in [0.15, 0.2) is 56.9 Å². The first-order valence-corrected chi connectivity index (χ1v) is 10.9. The highest BCUT2D eigenvalue weighted by Gasteiger charge is 2.23. The zero-order valence-corrected chi connectivity index (χ0v) is 16.4. The monoisotopic (exact) mass is 416 g/mol. The summed E-state index contributed by atoms with van der Waals surface area (Å²) in [6.07, 6.45) is 6.13. The van der Waals surface area contributed by atoms with E-state index in [0.29, 0.717) is 20.6 Å². The van der Waals surface area contributed by atoms with Gasteiger partial charge in [0.2, 0.25) is 0 Å². The third kappa shape index (κ3) is 3.53. The Balaban J connectivity index is 1.77. The van der Waals surface area contributed by atoms with Crippen LogP contribution in [-0.4, -0.2) is 29.9 Å². The number of fused-ring (bicyclic) bond motifs is 1. The molecular formula is C18H12N2O4S3. The number of nitrogens with one attached hydrogen (secondary N) is 1. The second kappa shape index (κ2) is 6.59. The number of hydrogen-bond acceptors (Lipinski definition) is 7. The van der Waals surface area contributed by atoms with Crippen molar-refractivity contribution in [1.29, 1.82) is 0 Å². The number of rotatable bonds is 3. The third-order valence-electron chi connectivity index (χ3n) is 3.95. The molecule has 0 saturated carbocycles. The molecule has 136 valence electrons. The number of thiocarbonyl (C=S) groups is 1. The number of sulfone groups is 1. The van der Waals surface area contributed by atoms with Crippen molar-refractivity contribution in [1.82, 2.24) is 10.3 Å². The fourth-order valence-corrected chi connectivity index (χ4v) is 4.35. The summed E-state index contributed by atoms with van der Waals surface area (Å²) in [6, 6.07) is 8.32. The molecule has 3 heterocycles. The number of hydrogen-bond donors (Lipinski definition) is 1. The highest BCUT2D eigenvalue weighted by Crippen LogP contribution is 2.33. The molecule has 1 amide bonds. The van der Waals surface area contributed by atoms with Crippen LogP contribution in [0.1, 0.15) is 5.76 Å². The minimum Gasteiger partial charge on any atom is -0.456 e. The third-order valence-corrected chi connectivity index (χ3v) is 6.24. The number of benzene rings is 1. The summed E-state index contributed by atoms with van der Waals surface area (Å²) in [4.78, 5) is 16.8. The van der Waals surface area contributed by atoms with Gasteiger partial charge >= 0.3 is 0 Å². The zero-order valence-electron chi connectivity index (χ0n) is 13.9.